The average molecular weight is 396 g/mol. The lowest BCUT2D eigenvalue weighted by atomic mass is 10.1. The summed E-state index contributed by atoms with van der Waals surface area (Å²) in [4.78, 5) is 23.6. The van der Waals surface area contributed by atoms with Crippen molar-refractivity contribution in [3.05, 3.63) is 42.1 Å². The molecule has 2 aromatic rings. The second-order valence-electron chi connectivity index (χ2n) is 7.34. The number of rotatable bonds is 4. The smallest absolute Gasteiger partial charge is 0.324 e. The maximum Gasteiger partial charge on any atom is 0.324 e. The Bertz CT molecular complexity index is 865. The Kier molecular flexibility index (Phi) is 5.74. The van der Waals surface area contributed by atoms with Crippen LogP contribution in [0.5, 0.6) is 11.5 Å². The fraction of sp³-hybridized carbons (Fsp3) is 0.455. The van der Waals surface area contributed by atoms with E-state index in [9.17, 15) is 4.79 Å². The molecule has 7 heteroatoms. The SMILES string of the molecule is CCCc1ccc2c(c1)OCCN2C(=O)N1CCN(c2ncccc2OC)CC1. The molecule has 1 fully saturated rings. The van der Waals surface area contributed by atoms with Crippen LogP contribution >= 0.6 is 0 Å². The number of aromatic nitrogens is 1. The largest absolute Gasteiger partial charge is 0.493 e. The van der Waals surface area contributed by atoms with Crippen LogP contribution in [0.15, 0.2) is 36.5 Å². The second kappa shape index (κ2) is 8.59. The Morgan fingerprint density at radius 1 is 1.17 bits per heavy atom. The van der Waals surface area contributed by atoms with Crippen LogP contribution < -0.4 is 19.3 Å². The summed E-state index contributed by atoms with van der Waals surface area (Å²) < 4.78 is 11.3. The Hall–Kier alpha value is -2.96. The van der Waals surface area contributed by atoms with Crippen molar-refractivity contribution in [2.75, 3.05) is 56.2 Å². The molecule has 7 nitrogen and oxygen atoms in total. The van der Waals surface area contributed by atoms with Crippen LogP contribution in [0, 0.1) is 0 Å². The number of hydrogen-bond donors (Lipinski definition) is 0. The van der Waals surface area contributed by atoms with Gasteiger partial charge in [-0.05, 0) is 36.2 Å². The summed E-state index contributed by atoms with van der Waals surface area (Å²) in [5.41, 5.74) is 2.12. The molecule has 1 aromatic heterocycles. The molecule has 2 aliphatic rings. The number of methoxy groups -OCH3 is 1. The number of amides is 2. The summed E-state index contributed by atoms with van der Waals surface area (Å²) in [5.74, 6) is 2.41. The quantitative estimate of drug-likeness (QED) is 0.794. The minimum atomic E-state index is 0.0467. The standard InChI is InChI=1S/C22H28N4O3/c1-3-5-17-7-8-18-20(16-17)29-15-14-26(18)22(27)25-12-10-24(11-13-25)21-19(28-2)6-4-9-23-21/h4,6-9,16H,3,5,10-15H2,1-2H3. The van der Waals surface area contributed by atoms with Crippen molar-refractivity contribution in [3.63, 3.8) is 0 Å². The van der Waals surface area contributed by atoms with Crippen molar-refractivity contribution in [2.45, 2.75) is 19.8 Å². The fourth-order valence-corrected chi connectivity index (χ4v) is 3.97. The molecule has 29 heavy (non-hydrogen) atoms. The number of urea groups is 1. The van der Waals surface area contributed by atoms with E-state index in [1.807, 2.05) is 28.0 Å². The van der Waals surface area contributed by atoms with Crippen LogP contribution in [0.2, 0.25) is 0 Å². The average Bonchev–Trinajstić information content (AvgIpc) is 2.78. The van der Waals surface area contributed by atoms with Gasteiger partial charge in [-0.25, -0.2) is 9.78 Å². The molecule has 0 N–H and O–H groups in total. The molecule has 2 amide bonds. The number of aryl methyl sites for hydroxylation is 1. The van der Waals surface area contributed by atoms with E-state index in [-0.39, 0.29) is 6.03 Å². The topological polar surface area (TPSA) is 58.1 Å². The van der Waals surface area contributed by atoms with E-state index in [4.69, 9.17) is 9.47 Å². The molecular weight excluding hydrogens is 368 g/mol. The number of anilines is 2. The third kappa shape index (κ3) is 3.95. The van der Waals surface area contributed by atoms with Gasteiger partial charge in [0, 0.05) is 32.4 Å². The molecule has 1 saturated heterocycles. The highest BCUT2D eigenvalue weighted by molar-refractivity contribution is 5.94. The summed E-state index contributed by atoms with van der Waals surface area (Å²) >= 11 is 0. The molecule has 3 heterocycles. The van der Waals surface area contributed by atoms with Crippen LogP contribution in [0.25, 0.3) is 0 Å². The zero-order chi connectivity index (χ0) is 20.2. The number of fused-ring (bicyclic) bond motifs is 1. The minimum Gasteiger partial charge on any atom is -0.493 e. The molecule has 0 spiro atoms. The molecule has 0 radical (unpaired) electrons. The van der Waals surface area contributed by atoms with Crippen molar-refractivity contribution in [2.24, 2.45) is 0 Å². The van der Waals surface area contributed by atoms with E-state index in [0.29, 0.717) is 26.2 Å². The van der Waals surface area contributed by atoms with Crippen LogP contribution in [0.3, 0.4) is 0 Å². The molecular formula is C22H28N4O3. The number of piperazine rings is 1. The summed E-state index contributed by atoms with van der Waals surface area (Å²) in [6.07, 6.45) is 3.88. The molecule has 4 rings (SSSR count). The highest BCUT2D eigenvalue weighted by Gasteiger charge is 2.30. The van der Waals surface area contributed by atoms with Crippen molar-refractivity contribution >= 4 is 17.5 Å². The lowest BCUT2D eigenvalue weighted by Gasteiger charge is -2.39. The van der Waals surface area contributed by atoms with E-state index in [0.717, 1.165) is 48.9 Å². The van der Waals surface area contributed by atoms with Gasteiger partial charge >= 0.3 is 6.03 Å². The van der Waals surface area contributed by atoms with Gasteiger partial charge < -0.3 is 19.3 Å². The van der Waals surface area contributed by atoms with Gasteiger partial charge in [-0.1, -0.05) is 19.4 Å². The van der Waals surface area contributed by atoms with E-state index >= 15 is 0 Å². The van der Waals surface area contributed by atoms with Crippen LogP contribution in [0.1, 0.15) is 18.9 Å². The Balaban J connectivity index is 1.44. The number of carbonyl (C=O) groups is 1. The summed E-state index contributed by atoms with van der Waals surface area (Å²) in [6.45, 7) is 6.03. The Labute approximate surface area is 171 Å². The first-order chi connectivity index (χ1) is 14.2. The molecule has 0 saturated carbocycles. The van der Waals surface area contributed by atoms with Crippen LogP contribution in [-0.4, -0.2) is 62.4 Å². The first-order valence-electron chi connectivity index (χ1n) is 10.3. The minimum absolute atomic E-state index is 0.0467. The van der Waals surface area contributed by atoms with Gasteiger partial charge in [0.15, 0.2) is 11.6 Å². The number of pyridine rings is 1. The first kappa shape index (κ1) is 19.4. The van der Waals surface area contributed by atoms with Gasteiger partial charge in [-0.2, -0.15) is 0 Å². The molecule has 1 aromatic carbocycles. The molecule has 0 aliphatic carbocycles. The summed E-state index contributed by atoms with van der Waals surface area (Å²) in [5, 5.41) is 0. The van der Waals surface area contributed by atoms with Crippen molar-refractivity contribution < 1.29 is 14.3 Å². The Morgan fingerprint density at radius 2 is 2.00 bits per heavy atom. The highest BCUT2D eigenvalue weighted by atomic mass is 16.5. The second-order valence-corrected chi connectivity index (χ2v) is 7.34. The number of benzene rings is 1. The lowest BCUT2D eigenvalue weighted by molar-refractivity contribution is 0.196. The van der Waals surface area contributed by atoms with E-state index in [2.05, 4.69) is 28.9 Å². The molecule has 0 unspecified atom stereocenters. The fourth-order valence-electron chi connectivity index (χ4n) is 3.97. The normalized spacial score (nSPS) is 16.3. The van der Waals surface area contributed by atoms with Gasteiger partial charge in [0.2, 0.25) is 0 Å². The highest BCUT2D eigenvalue weighted by Crippen LogP contribution is 2.34. The van der Waals surface area contributed by atoms with Gasteiger partial charge in [-0.3, -0.25) is 4.90 Å². The zero-order valence-electron chi connectivity index (χ0n) is 17.1. The van der Waals surface area contributed by atoms with Crippen LogP contribution in [-0.2, 0) is 6.42 Å². The Morgan fingerprint density at radius 3 is 2.76 bits per heavy atom. The monoisotopic (exact) mass is 396 g/mol. The molecule has 154 valence electrons. The number of hydrogen-bond acceptors (Lipinski definition) is 5. The van der Waals surface area contributed by atoms with Crippen molar-refractivity contribution in [1.29, 1.82) is 0 Å². The number of carbonyl (C=O) groups excluding carboxylic acids is 1. The third-order valence-corrected chi connectivity index (χ3v) is 5.48. The van der Waals surface area contributed by atoms with E-state index in [1.54, 1.807) is 13.3 Å². The van der Waals surface area contributed by atoms with Crippen molar-refractivity contribution in [3.8, 4) is 11.5 Å². The van der Waals surface area contributed by atoms with Gasteiger partial charge in [0.25, 0.3) is 0 Å². The van der Waals surface area contributed by atoms with E-state index in [1.165, 1.54) is 5.56 Å². The first-order valence-corrected chi connectivity index (χ1v) is 10.3. The molecule has 2 aliphatic heterocycles. The predicted octanol–water partition coefficient (Wildman–Crippen LogP) is 3.18. The lowest BCUT2D eigenvalue weighted by Crippen LogP contribution is -2.54. The third-order valence-electron chi connectivity index (χ3n) is 5.48. The van der Waals surface area contributed by atoms with Gasteiger partial charge in [-0.15, -0.1) is 0 Å². The van der Waals surface area contributed by atoms with Gasteiger partial charge in [0.1, 0.15) is 12.4 Å². The summed E-state index contributed by atoms with van der Waals surface area (Å²) in [6, 6.07) is 10.0. The van der Waals surface area contributed by atoms with Crippen LogP contribution in [0.4, 0.5) is 16.3 Å². The number of ether oxygens (including phenoxy) is 2. The summed E-state index contributed by atoms with van der Waals surface area (Å²) in [7, 11) is 1.65. The molecule has 0 atom stereocenters. The predicted molar refractivity (Wildman–Crippen MR) is 113 cm³/mol. The number of nitrogens with zero attached hydrogens (tertiary/aromatic N) is 4. The van der Waals surface area contributed by atoms with Crippen molar-refractivity contribution in [1.82, 2.24) is 9.88 Å². The maximum atomic E-state index is 13.2. The zero-order valence-corrected chi connectivity index (χ0v) is 17.1. The van der Waals surface area contributed by atoms with E-state index < -0.39 is 0 Å². The molecule has 0 bridgehead atoms. The maximum absolute atomic E-state index is 13.2. The van der Waals surface area contributed by atoms with Gasteiger partial charge in [0.05, 0.1) is 19.3 Å².